The van der Waals surface area contributed by atoms with Crippen molar-refractivity contribution in [3.63, 3.8) is 0 Å². The Balaban J connectivity index is 0.000001000. The fraction of sp³-hybridized carbons (Fsp3) is 0. The van der Waals surface area contributed by atoms with E-state index in [0.717, 1.165) is 0 Å². The fourth-order valence-electron chi connectivity index (χ4n) is 0.614. The molecule has 0 spiro atoms. The van der Waals surface area contributed by atoms with Crippen LogP contribution in [0.4, 0.5) is 0 Å². The van der Waals surface area contributed by atoms with Crippen LogP contribution >= 0.6 is 0 Å². The van der Waals surface area contributed by atoms with Gasteiger partial charge in [0.1, 0.15) is 6.29 Å². The van der Waals surface area contributed by atoms with E-state index >= 15 is 0 Å². The van der Waals surface area contributed by atoms with Gasteiger partial charge in [-0.1, -0.05) is 0 Å². The predicted octanol–water partition coefficient (Wildman–Crippen LogP) is -0.541. The van der Waals surface area contributed by atoms with Crippen LogP contribution in [0.5, 0.6) is 11.5 Å². The topological polar surface area (TPSA) is 57.5 Å². The maximum atomic E-state index is 10.1. The van der Waals surface area contributed by atoms with Gasteiger partial charge in [-0.3, -0.25) is 4.79 Å². The number of phenols is 2. The number of rotatable bonds is 1. The zero-order valence-corrected chi connectivity index (χ0v) is 5.11. The molecule has 0 heterocycles. The van der Waals surface area contributed by atoms with Crippen LogP contribution in [-0.4, -0.2) is 27.5 Å². The van der Waals surface area contributed by atoms with Crippen LogP contribution in [0.25, 0.3) is 0 Å². The lowest BCUT2D eigenvalue weighted by molar-refractivity contribution is 0.112. The van der Waals surface area contributed by atoms with Crippen molar-refractivity contribution in [2.24, 2.45) is 0 Å². The van der Waals surface area contributed by atoms with Crippen LogP contribution < -0.4 is 0 Å². The first-order chi connectivity index (χ1) is 4.74. The van der Waals surface area contributed by atoms with E-state index in [1.54, 1.807) is 0 Å². The summed E-state index contributed by atoms with van der Waals surface area (Å²) in [5, 5.41) is 17.6. The third-order valence-corrected chi connectivity index (χ3v) is 1.14. The Bertz CT molecular complexity index is 260. The van der Waals surface area contributed by atoms with Crippen LogP contribution in [0.2, 0.25) is 0 Å². The van der Waals surface area contributed by atoms with E-state index in [0.29, 0.717) is 11.8 Å². The van der Waals surface area contributed by atoms with Crippen LogP contribution in [0.1, 0.15) is 10.4 Å². The molecular formula is C7H10O3Si. The van der Waals surface area contributed by atoms with Crippen molar-refractivity contribution in [3.8, 4) is 11.5 Å². The minimum atomic E-state index is -0.274. The summed E-state index contributed by atoms with van der Waals surface area (Å²) in [5.74, 6) is -0.491. The van der Waals surface area contributed by atoms with Gasteiger partial charge in [-0.2, -0.15) is 0 Å². The molecule has 1 aromatic carbocycles. The fourth-order valence-corrected chi connectivity index (χ4v) is 0.614. The van der Waals surface area contributed by atoms with E-state index in [-0.39, 0.29) is 22.5 Å². The third kappa shape index (κ3) is 2.08. The van der Waals surface area contributed by atoms with Gasteiger partial charge in [0, 0.05) is 5.56 Å². The molecule has 2 N–H and O–H groups in total. The summed E-state index contributed by atoms with van der Waals surface area (Å²) < 4.78 is 0. The van der Waals surface area contributed by atoms with Gasteiger partial charge in [-0.25, -0.2) is 0 Å². The molecule has 0 saturated heterocycles. The highest BCUT2D eigenvalue weighted by molar-refractivity contribution is 5.76. The molecule has 0 saturated carbocycles. The van der Waals surface area contributed by atoms with Gasteiger partial charge in [0.05, 0.1) is 0 Å². The Morgan fingerprint density at radius 3 is 2.27 bits per heavy atom. The van der Waals surface area contributed by atoms with Crippen molar-refractivity contribution < 1.29 is 15.0 Å². The Labute approximate surface area is 68.3 Å². The van der Waals surface area contributed by atoms with Gasteiger partial charge in [0.25, 0.3) is 0 Å². The number of carbonyl (C=O) groups is 1. The van der Waals surface area contributed by atoms with E-state index in [4.69, 9.17) is 10.2 Å². The molecule has 0 atom stereocenters. The van der Waals surface area contributed by atoms with E-state index in [1.807, 2.05) is 0 Å². The van der Waals surface area contributed by atoms with Crippen molar-refractivity contribution in [3.05, 3.63) is 23.8 Å². The minimum absolute atomic E-state index is 0. The van der Waals surface area contributed by atoms with Gasteiger partial charge < -0.3 is 10.2 Å². The summed E-state index contributed by atoms with van der Waals surface area (Å²) >= 11 is 0. The maximum absolute atomic E-state index is 10.1. The number of phenolic OH excluding ortho intramolecular Hbond substituents is 2. The average molecular weight is 170 g/mol. The maximum Gasteiger partial charge on any atom is 0.158 e. The Kier molecular flexibility index (Phi) is 3.33. The second-order valence-electron chi connectivity index (χ2n) is 1.87. The lowest BCUT2D eigenvalue weighted by atomic mass is 10.2. The molecule has 0 amide bonds. The van der Waals surface area contributed by atoms with Crippen molar-refractivity contribution >= 4 is 17.3 Å². The summed E-state index contributed by atoms with van der Waals surface area (Å²) in [6.07, 6.45) is 0.596. The highest BCUT2D eigenvalue weighted by Gasteiger charge is 1.97. The van der Waals surface area contributed by atoms with Crippen molar-refractivity contribution in [2.45, 2.75) is 0 Å². The number of aldehydes is 1. The molecule has 0 fully saturated rings. The van der Waals surface area contributed by atoms with Gasteiger partial charge in [0.15, 0.2) is 11.5 Å². The van der Waals surface area contributed by atoms with Crippen molar-refractivity contribution in [2.75, 3.05) is 0 Å². The third-order valence-electron chi connectivity index (χ3n) is 1.14. The first-order valence-corrected chi connectivity index (χ1v) is 2.71. The summed E-state index contributed by atoms with van der Waals surface area (Å²) in [4.78, 5) is 10.1. The Hall–Kier alpha value is -1.29. The molecule has 3 nitrogen and oxygen atoms in total. The predicted molar refractivity (Wildman–Crippen MR) is 46.5 cm³/mol. The Morgan fingerprint density at radius 2 is 1.82 bits per heavy atom. The smallest absolute Gasteiger partial charge is 0.158 e. The van der Waals surface area contributed by atoms with Gasteiger partial charge >= 0.3 is 0 Å². The van der Waals surface area contributed by atoms with E-state index in [1.165, 1.54) is 18.2 Å². The SMILES string of the molecule is O=Cc1ccc(O)c(O)c1.[SiH4]. The van der Waals surface area contributed by atoms with Crippen molar-refractivity contribution in [1.82, 2.24) is 0 Å². The van der Waals surface area contributed by atoms with Crippen LogP contribution in [-0.2, 0) is 0 Å². The lowest BCUT2D eigenvalue weighted by Gasteiger charge is -1.95. The normalized spacial score (nSPS) is 8.36. The molecule has 0 radical (unpaired) electrons. The number of carbonyl (C=O) groups excluding carboxylic acids is 1. The first-order valence-electron chi connectivity index (χ1n) is 2.71. The summed E-state index contributed by atoms with van der Waals surface area (Å²) in [7, 11) is 0. The minimum Gasteiger partial charge on any atom is -0.504 e. The van der Waals surface area contributed by atoms with E-state index in [2.05, 4.69) is 0 Å². The molecule has 11 heavy (non-hydrogen) atoms. The molecule has 0 aliphatic rings. The summed E-state index contributed by atoms with van der Waals surface area (Å²) in [6, 6.07) is 3.88. The molecule has 1 rings (SSSR count). The second kappa shape index (κ2) is 3.77. The number of hydrogen-bond donors (Lipinski definition) is 2. The second-order valence-corrected chi connectivity index (χ2v) is 1.87. The molecular weight excluding hydrogens is 160 g/mol. The number of aromatic hydroxyl groups is 2. The van der Waals surface area contributed by atoms with Crippen LogP contribution in [0.15, 0.2) is 18.2 Å². The zero-order chi connectivity index (χ0) is 7.56. The highest BCUT2D eigenvalue weighted by atomic mass is 28.1. The largest absolute Gasteiger partial charge is 0.504 e. The summed E-state index contributed by atoms with van der Waals surface area (Å²) in [6.45, 7) is 0. The number of benzene rings is 1. The lowest BCUT2D eigenvalue weighted by Crippen LogP contribution is -1.77. The summed E-state index contributed by atoms with van der Waals surface area (Å²) in [5.41, 5.74) is 0.343. The molecule has 0 aliphatic carbocycles. The highest BCUT2D eigenvalue weighted by Crippen LogP contribution is 2.23. The first kappa shape index (κ1) is 9.71. The molecule has 0 unspecified atom stereocenters. The zero-order valence-electron chi connectivity index (χ0n) is 5.11. The van der Waals surface area contributed by atoms with Gasteiger partial charge in [-0.05, 0) is 29.2 Å². The standard InChI is InChI=1S/C7H6O3.H4Si/c8-4-5-1-2-6(9)7(10)3-5;/h1-4,9-10H;1H4. The van der Waals surface area contributed by atoms with E-state index in [9.17, 15) is 4.79 Å². The molecule has 0 aromatic heterocycles. The van der Waals surface area contributed by atoms with E-state index < -0.39 is 0 Å². The average Bonchev–Trinajstić information content (AvgIpc) is 1.95. The molecule has 1 aromatic rings. The van der Waals surface area contributed by atoms with Gasteiger partial charge in [-0.15, -0.1) is 0 Å². The van der Waals surface area contributed by atoms with Crippen molar-refractivity contribution in [1.29, 1.82) is 0 Å². The van der Waals surface area contributed by atoms with Crippen LogP contribution in [0, 0.1) is 0 Å². The molecule has 60 valence electrons. The number of hydrogen-bond acceptors (Lipinski definition) is 3. The Morgan fingerprint density at radius 1 is 1.18 bits per heavy atom. The van der Waals surface area contributed by atoms with Crippen LogP contribution in [0.3, 0.4) is 0 Å². The molecule has 4 heteroatoms. The molecule has 0 bridgehead atoms. The molecule has 0 aliphatic heterocycles. The van der Waals surface area contributed by atoms with Gasteiger partial charge in [0.2, 0.25) is 0 Å². The monoisotopic (exact) mass is 170 g/mol. The quantitative estimate of drug-likeness (QED) is 0.338.